The van der Waals surface area contributed by atoms with Crippen LogP contribution in [0.1, 0.15) is 18.4 Å². The molecule has 0 aliphatic carbocycles. The first kappa shape index (κ1) is 15.6. The number of aromatic nitrogens is 2. The summed E-state index contributed by atoms with van der Waals surface area (Å²) in [6.07, 6.45) is 7.99. The minimum Gasteiger partial charge on any atom is -0.337 e. The largest absolute Gasteiger partial charge is 0.337 e. The molecular formula is C15H16Cl2N2S2. The Kier molecular flexibility index (Phi) is 5.10. The topological polar surface area (TPSA) is 17.8 Å². The average Bonchev–Trinajstić information content (AvgIpc) is 2.99. The van der Waals surface area contributed by atoms with Crippen molar-refractivity contribution in [1.29, 1.82) is 0 Å². The molecule has 0 bridgehead atoms. The van der Waals surface area contributed by atoms with Crippen LogP contribution in [0.5, 0.6) is 0 Å². The first-order valence-electron chi connectivity index (χ1n) is 6.89. The van der Waals surface area contributed by atoms with E-state index in [4.69, 9.17) is 23.2 Å². The molecule has 1 aromatic carbocycles. The lowest BCUT2D eigenvalue weighted by Gasteiger charge is -2.37. The lowest BCUT2D eigenvalue weighted by atomic mass is 10.1. The van der Waals surface area contributed by atoms with Gasteiger partial charge in [0, 0.05) is 29.0 Å². The number of imidazole rings is 1. The molecule has 1 aliphatic rings. The minimum atomic E-state index is 0.0180. The molecule has 0 unspecified atom stereocenters. The molecule has 2 nitrogen and oxygen atoms in total. The maximum atomic E-state index is 6.48. The fraction of sp³-hybridized carbons (Fsp3) is 0.400. The molecule has 1 aromatic heterocycles. The standard InChI is InChI=1S/C15H16Cl2N2S2/c16-12-2-3-13(14(17)10-12)15(20-8-1-9-21-15)4-6-19-7-5-18-11-19/h2-3,5,7,10-11H,1,4,6,8-9H2. The zero-order valence-corrected chi connectivity index (χ0v) is 14.6. The maximum Gasteiger partial charge on any atom is 0.0945 e. The Morgan fingerprint density at radius 3 is 2.71 bits per heavy atom. The van der Waals surface area contributed by atoms with Gasteiger partial charge in [-0.25, -0.2) is 4.98 Å². The van der Waals surface area contributed by atoms with Gasteiger partial charge in [-0.3, -0.25) is 0 Å². The van der Waals surface area contributed by atoms with E-state index in [-0.39, 0.29) is 4.08 Å². The maximum absolute atomic E-state index is 6.48. The lowest BCUT2D eigenvalue weighted by Crippen LogP contribution is -2.25. The van der Waals surface area contributed by atoms with Crippen molar-refractivity contribution in [1.82, 2.24) is 9.55 Å². The summed E-state index contributed by atoms with van der Waals surface area (Å²) in [6, 6.07) is 5.88. The molecule has 0 spiro atoms. The highest BCUT2D eigenvalue weighted by Crippen LogP contribution is 2.54. The van der Waals surface area contributed by atoms with E-state index in [1.807, 2.05) is 54.4 Å². The Bertz CT molecular complexity index is 596. The number of hydrogen-bond donors (Lipinski definition) is 0. The van der Waals surface area contributed by atoms with E-state index in [1.54, 1.807) is 0 Å². The van der Waals surface area contributed by atoms with Crippen LogP contribution in [-0.4, -0.2) is 21.1 Å². The summed E-state index contributed by atoms with van der Waals surface area (Å²) < 4.78 is 2.14. The summed E-state index contributed by atoms with van der Waals surface area (Å²) in [7, 11) is 0. The van der Waals surface area contributed by atoms with Crippen LogP contribution in [0.4, 0.5) is 0 Å². The van der Waals surface area contributed by atoms with Crippen molar-refractivity contribution < 1.29 is 0 Å². The molecule has 3 rings (SSSR count). The third kappa shape index (κ3) is 3.55. The summed E-state index contributed by atoms with van der Waals surface area (Å²) in [5.41, 5.74) is 1.20. The third-order valence-electron chi connectivity index (χ3n) is 3.56. The van der Waals surface area contributed by atoms with Crippen molar-refractivity contribution in [3.8, 4) is 0 Å². The Morgan fingerprint density at radius 2 is 2.05 bits per heavy atom. The predicted octanol–water partition coefficient (Wildman–Crippen LogP) is 5.30. The van der Waals surface area contributed by atoms with Crippen molar-refractivity contribution in [3.05, 3.63) is 52.5 Å². The second-order valence-corrected chi connectivity index (χ2v) is 8.87. The minimum absolute atomic E-state index is 0.0180. The highest BCUT2D eigenvalue weighted by molar-refractivity contribution is 8.18. The first-order chi connectivity index (χ1) is 10.2. The second-order valence-electron chi connectivity index (χ2n) is 4.98. The van der Waals surface area contributed by atoms with E-state index in [1.165, 1.54) is 23.5 Å². The van der Waals surface area contributed by atoms with E-state index < -0.39 is 0 Å². The van der Waals surface area contributed by atoms with Gasteiger partial charge in [-0.1, -0.05) is 29.3 Å². The van der Waals surface area contributed by atoms with E-state index >= 15 is 0 Å². The fourth-order valence-electron chi connectivity index (χ4n) is 2.50. The van der Waals surface area contributed by atoms with Crippen LogP contribution in [0.25, 0.3) is 0 Å². The Hall–Kier alpha value is -0.290. The van der Waals surface area contributed by atoms with Gasteiger partial charge in [-0.05, 0) is 42.0 Å². The first-order valence-corrected chi connectivity index (χ1v) is 9.61. The number of hydrogen-bond acceptors (Lipinski definition) is 3. The summed E-state index contributed by atoms with van der Waals surface area (Å²) in [5, 5.41) is 1.47. The second kappa shape index (κ2) is 6.86. The molecule has 0 N–H and O–H groups in total. The van der Waals surface area contributed by atoms with Gasteiger partial charge in [0.25, 0.3) is 0 Å². The van der Waals surface area contributed by atoms with Gasteiger partial charge < -0.3 is 4.57 Å². The molecule has 1 saturated heterocycles. The van der Waals surface area contributed by atoms with Crippen molar-refractivity contribution >= 4 is 46.7 Å². The summed E-state index contributed by atoms with van der Waals surface area (Å²) in [4.78, 5) is 4.12. The number of benzene rings is 1. The molecule has 0 amide bonds. The molecule has 0 atom stereocenters. The van der Waals surface area contributed by atoms with Gasteiger partial charge in [0.05, 0.1) is 10.4 Å². The van der Waals surface area contributed by atoms with Crippen molar-refractivity contribution in [3.63, 3.8) is 0 Å². The molecule has 21 heavy (non-hydrogen) atoms. The molecule has 112 valence electrons. The number of halogens is 2. The zero-order chi connectivity index (χ0) is 14.7. The summed E-state index contributed by atoms with van der Waals surface area (Å²) in [5.74, 6) is 2.35. The van der Waals surface area contributed by atoms with E-state index in [0.717, 1.165) is 18.0 Å². The monoisotopic (exact) mass is 358 g/mol. The molecule has 6 heteroatoms. The SMILES string of the molecule is Clc1ccc(C2(CCn3ccnc3)SCCCS2)c(Cl)c1. The van der Waals surface area contributed by atoms with Crippen LogP contribution in [0.15, 0.2) is 36.9 Å². The van der Waals surface area contributed by atoms with E-state index in [0.29, 0.717) is 5.02 Å². The molecule has 2 heterocycles. The van der Waals surface area contributed by atoms with Gasteiger partial charge in [-0.2, -0.15) is 0 Å². The number of rotatable bonds is 4. The Morgan fingerprint density at radius 1 is 1.24 bits per heavy atom. The van der Waals surface area contributed by atoms with Crippen LogP contribution in [0.2, 0.25) is 10.0 Å². The van der Waals surface area contributed by atoms with Gasteiger partial charge in [0.1, 0.15) is 0 Å². The Balaban J connectivity index is 1.88. The molecule has 0 radical (unpaired) electrons. The van der Waals surface area contributed by atoms with Crippen molar-refractivity contribution in [2.75, 3.05) is 11.5 Å². The third-order valence-corrected chi connectivity index (χ3v) is 7.58. The van der Waals surface area contributed by atoms with Gasteiger partial charge in [-0.15, -0.1) is 23.5 Å². The van der Waals surface area contributed by atoms with Crippen LogP contribution in [0.3, 0.4) is 0 Å². The van der Waals surface area contributed by atoms with Crippen LogP contribution >= 0.6 is 46.7 Å². The molecule has 1 fully saturated rings. The lowest BCUT2D eigenvalue weighted by molar-refractivity contribution is 0.610. The van der Waals surface area contributed by atoms with Crippen molar-refractivity contribution in [2.45, 2.75) is 23.5 Å². The summed E-state index contributed by atoms with van der Waals surface area (Å²) in [6.45, 7) is 0.943. The molecular weight excluding hydrogens is 343 g/mol. The zero-order valence-electron chi connectivity index (χ0n) is 11.5. The highest BCUT2D eigenvalue weighted by Gasteiger charge is 2.37. The van der Waals surface area contributed by atoms with E-state index in [2.05, 4.69) is 15.6 Å². The van der Waals surface area contributed by atoms with Gasteiger partial charge in [0.2, 0.25) is 0 Å². The van der Waals surface area contributed by atoms with Crippen LogP contribution in [0, 0.1) is 0 Å². The average molecular weight is 359 g/mol. The van der Waals surface area contributed by atoms with Crippen molar-refractivity contribution in [2.24, 2.45) is 0 Å². The quantitative estimate of drug-likeness (QED) is 0.737. The fourth-order valence-corrected chi connectivity index (χ4v) is 6.58. The molecule has 0 saturated carbocycles. The molecule has 1 aliphatic heterocycles. The number of aryl methyl sites for hydroxylation is 1. The van der Waals surface area contributed by atoms with E-state index in [9.17, 15) is 0 Å². The Labute approximate surface area is 143 Å². The smallest absolute Gasteiger partial charge is 0.0945 e. The van der Waals surface area contributed by atoms with Gasteiger partial charge >= 0.3 is 0 Å². The van der Waals surface area contributed by atoms with Crippen LogP contribution < -0.4 is 0 Å². The molecule has 2 aromatic rings. The van der Waals surface area contributed by atoms with Crippen LogP contribution in [-0.2, 0) is 10.6 Å². The normalized spacial score (nSPS) is 17.8. The number of nitrogens with zero attached hydrogens (tertiary/aromatic N) is 2. The number of thioether (sulfide) groups is 2. The predicted molar refractivity (Wildman–Crippen MR) is 94.5 cm³/mol. The summed E-state index contributed by atoms with van der Waals surface area (Å²) >= 11 is 16.5. The highest BCUT2D eigenvalue weighted by atomic mass is 35.5. The van der Waals surface area contributed by atoms with Gasteiger partial charge in [0.15, 0.2) is 0 Å².